The molecule has 0 spiro atoms. The second-order valence-corrected chi connectivity index (χ2v) is 8.98. The first kappa shape index (κ1) is 25.0. The molecule has 0 rings (SSSR count). The Labute approximate surface area is 149 Å². The van der Waals surface area contributed by atoms with Gasteiger partial charge in [0.25, 0.3) is 0 Å². The fourth-order valence-corrected chi connectivity index (χ4v) is 2.50. The smallest absolute Gasteiger partial charge is 0.459 e. The van der Waals surface area contributed by atoms with Crippen LogP contribution in [-0.2, 0) is 9.53 Å². The monoisotopic (exact) mass is 396 g/mol. The lowest BCUT2D eigenvalue weighted by Crippen LogP contribution is -2.52. The van der Waals surface area contributed by atoms with Crippen molar-refractivity contribution in [2.45, 2.75) is 79.3 Å². The minimum absolute atomic E-state index is 0.303. The van der Waals surface area contributed by atoms with Crippen LogP contribution in [0.15, 0.2) is 0 Å². The number of hydrogen-bond acceptors (Lipinski definition) is 2. The summed E-state index contributed by atoms with van der Waals surface area (Å²) in [6.07, 6.45) is -8.02. The molecule has 9 heteroatoms. The Hall–Kier alpha value is -1.02. The van der Waals surface area contributed by atoms with Gasteiger partial charge in [-0.3, -0.25) is 4.79 Å². The Morgan fingerprint density at radius 3 is 1.54 bits per heavy atom. The van der Waals surface area contributed by atoms with Crippen molar-refractivity contribution in [1.82, 2.24) is 0 Å². The summed E-state index contributed by atoms with van der Waals surface area (Å²) < 4.78 is 93.3. The topological polar surface area (TPSA) is 26.3 Å². The van der Waals surface area contributed by atoms with Gasteiger partial charge in [0.2, 0.25) is 0 Å². The van der Waals surface area contributed by atoms with E-state index in [0.29, 0.717) is 6.42 Å². The summed E-state index contributed by atoms with van der Waals surface area (Å²) in [6.45, 7) is 11.1. The van der Waals surface area contributed by atoms with Gasteiger partial charge in [0.1, 0.15) is 0 Å². The van der Waals surface area contributed by atoms with Gasteiger partial charge in [-0.25, -0.2) is 0 Å². The normalized spacial score (nSPS) is 17.0. The molecule has 0 saturated carbocycles. The van der Waals surface area contributed by atoms with Crippen molar-refractivity contribution in [2.24, 2.45) is 16.2 Å². The van der Waals surface area contributed by atoms with E-state index in [1.54, 1.807) is 27.7 Å². The van der Waals surface area contributed by atoms with Crippen LogP contribution in [0.2, 0.25) is 0 Å². The van der Waals surface area contributed by atoms with Gasteiger partial charge >= 0.3 is 24.0 Å². The van der Waals surface area contributed by atoms with Crippen molar-refractivity contribution in [3.8, 4) is 0 Å². The standard InChI is InChI=1S/C17H27F7O2/c1-12(2,3)10-14(7,13(4,5)6)11(25)26-9-8-15(18,19)16(20,21)17(22,23)24/h8-10H2,1-7H3. The fraction of sp³-hybridized carbons (Fsp3) is 0.941. The van der Waals surface area contributed by atoms with Gasteiger partial charge in [-0.05, 0) is 24.2 Å². The van der Waals surface area contributed by atoms with E-state index < -0.39 is 47.8 Å². The minimum atomic E-state index is -6.40. The summed E-state index contributed by atoms with van der Waals surface area (Å²) in [5, 5.41) is 0. The third kappa shape index (κ3) is 5.49. The molecule has 0 radical (unpaired) electrons. The third-order valence-corrected chi connectivity index (χ3v) is 4.45. The van der Waals surface area contributed by atoms with Crippen LogP contribution >= 0.6 is 0 Å². The highest BCUT2D eigenvalue weighted by molar-refractivity contribution is 5.77. The van der Waals surface area contributed by atoms with Crippen molar-refractivity contribution >= 4 is 5.97 Å². The first-order valence-corrected chi connectivity index (χ1v) is 8.08. The van der Waals surface area contributed by atoms with Gasteiger partial charge < -0.3 is 4.74 Å². The average molecular weight is 396 g/mol. The molecule has 0 aromatic carbocycles. The Kier molecular flexibility index (Phi) is 6.90. The molecule has 26 heavy (non-hydrogen) atoms. The molecular weight excluding hydrogens is 369 g/mol. The maximum Gasteiger partial charge on any atom is 0.459 e. The number of esters is 1. The van der Waals surface area contributed by atoms with E-state index in [2.05, 4.69) is 0 Å². The largest absolute Gasteiger partial charge is 0.465 e. The Bertz CT molecular complexity index is 499. The average Bonchev–Trinajstić information content (AvgIpc) is 2.33. The maximum absolute atomic E-state index is 13.3. The van der Waals surface area contributed by atoms with Crippen LogP contribution in [0, 0.1) is 16.2 Å². The van der Waals surface area contributed by atoms with Gasteiger partial charge in [0.05, 0.1) is 18.4 Å². The molecule has 0 aliphatic carbocycles. The number of hydrogen-bond donors (Lipinski definition) is 0. The molecule has 0 heterocycles. The molecule has 0 N–H and O–H groups in total. The van der Waals surface area contributed by atoms with Crippen LogP contribution in [-0.4, -0.2) is 30.6 Å². The van der Waals surface area contributed by atoms with Crippen LogP contribution in [0.1, 0.15) is 61.3 Å². The SMILES string of the molecule is CC(C)(C)CC(C)(C(=O)OCCC(F)(F)C(F)(F)C(F)(F)F)C(C)(C)C. The lowest BCUT2D eigenvalue weighted by molar-refractivity contribution is -0.356. The van der Waals surface area contributed by atoms with Gasteiger partial charge in [0.15, 0.2) is 0 Å². The number of carbonyl (C=O) groups is 1. The number of rotatable bonds is 6. The summed E-state index contributed by atoms with van der Waals surface area (Å²) in [5.41, 5.74) is -2.14. The van der Waals surface area contributed by atoms with E-state index in [-0.39, 0.29) is 5.41 Å². The molecule has 0 aliphatic rings. The molecule has 0 aliphatic heterocycles. The van der Waals surface area contributed by atoms with Gasteiger partial charge in [-0.2, -0.15) is 30.7 Å². The van der Waals surface area contributed by atoms with Crippen LogP contribution < -0.4 is 0 Å². The molecule has 156 valence electrons. The molecule has 0 aromatic rings. The maximum atomic E-state index is 13.3. The quantitative estimate of drug-likeness (QED) is 0.392. The Balaban J connectivity index is 5.23. The molecule has 0 saturated heterocycles. The molecule has 2 nitrogen and oxygen atoms in total. The predicted molar refractivity (Wildman–Crippen MR) is 83.2 cm³/mol. The van der Waals surface area contributed by atoms with Crippen LogP contribution in [0.25, 0.3) is 0 Å². The third-order valence-electron chi connectivity index (χ3n) is 4.45. The Morgan fingerprint density at radius 2 is 1.23 bits per heavy atom. The lowest BCUT2D eigenvalue weighted by atomic mass is 9.61. The van der Waals surface area contributed by atoms with Gasteiger partial charge in [-0.15, -0.1) is 0 Å². The van der Waals surface area contributed by atoms with Crippen molar-refractivity contribution in [2.75, 3.05) is 6.61 Å². The molecule has 1 unspecified atom stereocenters. The van der Waals surface area contributed by atoms with Crippen molar-refractivity contribution in [3.63, 3.8) is 0 Å². The van der Waals surface area contributed by atoms with E-state index in [4.69, 9.17) is 4.74 Å². The summed E-state index contributed by atoms with van der Waals surface area (Å²) in [5.74, 6) is -12.5. The van der Waals surface area contributed by atoms with Crippen molar-refractivity contribution < 1.29 is 40.3 Å². The van der Waals surface area contributed by atoms with Crippen molar-refractivity contribution in [3.05, 3.63) is 0 Å². The zero-order chi connectivity index (χ0) is 21.4. The predicted octanol–water partition coefficient (Wildman–Crippen LogP) is 6.24. The van der Waals surface area contributed by atoms with Crippen LogP contribution in [0.4, 0.5) is 30.7 Å². The van der Waals surface area contributed by atoms with Gasteiger partial charge in [0, 0.05) is 0 Å². The molecule has 0 amide bonds. The van der Waals surface area contributed by atoms with Crippen LogP contribution in [0.5, 0.6) is 0 Å². The second kappa shape index (κ2) is 7.19. The number of halogens is 7. The van der Waals surface area contributed by atoms with Crippen LogP contribution in [0.3, 0.4) is 0 Å². The number of carbonyl (C=O) groups excluding carboxylic acids is 1. The van der Waals surface area contributed by atoms with E-state index in [0.717, 1.165) is 0 Å². The van der Waals surface area contributed by atoms with E-state index in [9.17, 15) is 35.5 Å². The summed E-state index contributed by atoms with van der Waals surface area (Å²) in [7, 11) is 0. The highest BCUT2D eigenvalue weighted by atomic mass is 19.4. The molecule has 0 fully saturated rings. The highest BCUT2D eigenvalue weighted by Gasteiger charge is 2.72. The number of alkyl halides is 7. The Morgan fingerprint density at radius 1 is 0.808 bits per heavy atom. The minimum Gasteiger partial charge on any atom is -0.465 e. The van der Waals surface area contributed by atoms with Crippen molar-refractivity contribution in [1.29, 1.82) is 0 Å². The number of ether oxygens (including phenoxy) is 1. The fourth-order valence-electron chi connectivity index (χ4n) is 2.50. The lowest BCUT2D eigenvalue weighted by Gasteiger charge is -2.43. The summed E-state index contributed by atoms with van der Waals surface area (Å²) in [6, 6.07) is 0. The van der Waals surface area contributed by atoms with E-state index in [1.165, 1.54) is 0 Å². The summed E-state index contributed by atoms with van der Waals surface area (Å²) in [4.78, 5) is 12.4. The van der Waals surface area contributed by atoms with Gasteiger partial charge in [-0.1, -0.05) is 41.5 Å². The van der Waals surface area contributed by atoms with E-state index in [1.807, 2.05) is 20.8 Å². The zero-order valence-electron chi connectivity index (χ0n) is 16.1. The molecule has 1 atom stereocenters. The summed E-state index contributed by atoms with van der Waals surface area (Å²) >= 11 is 0. The first-order chi connectivity index (χ1) is 11.1. The highest BCUT2D eigenvalue weighted by Crippen LogP contribution is 2.49. The molecule has 0 aromatic heterocycles. The van der Waals surface area contributed by atoms with E-state index >= 15 is 0 Å². The second-order valence-electron chi connectivity index (χ2n) is 8.98. The molecular formula is C17H27F7O2. The molecule has 0 bridgehead atoms. The zero-order valence-corrected chi connectivity index (χ0v) is 16.1. The first-order valence-electron chi connectivity index (χ1n) is 8.08.